The van der Waals surface area contributed by atoms with E-state index < -0.39 is 0 Å². The number of allylic oxidation sites excluding steroid dienone is 1. The number of aldehydes is 1. The molecule has 0 spiro atoms. The van der Waals surface area contributed by atoms with Crippen molar-refractivity contribution in [3.63, 3.8) is 0 Å². The summed E-state index contributed by atoms with van der Waals surface area (Å²) in [6.45, 7) is 0. The number of hydrogen-bond acceptors (Lipinski definition) is 3. The lowest BCUT2D eigenvalue weighted by Crippen LogP contribution is -2.26. The first-order valence-electron chi connectivity index (χ1n) is 4.12. The molecule has 2 rings (SSSR count). The molecule has 0 aromatic heterocycles. The van der Waals surface area contributed by atoms with E-state index >= 15 is 0 Å². The highest BCUT2D eigenvalue weighted by atomic mass is 127. The van der Waals surface area contributed by atoms with E-state index in [1.54, 1.807) is 0 Å². The highest BCUT2D eigenvalue weighted by molar-refractivity contribution is 14.1. The Morgan fingerprint density at radius 3 is 3.25 bits per heavy atom. The molecule has 12 heavy (non-hydrogen) atoms. The Labute approximate surface area is 85.1 Å². The summed E-state index contributed by atoms with van der Waals surface area (Å²) >= 11 is 2.36. The SMILES string of the molecule is O=CC1CC=C2NNC(I)C2C1. The fourth-order valence-electron chi connectivity index (χ4n) is 1.76. The molecule has 0 aromatic carbocycles. The average molecular weight is 278 g/mol. The van der Waals surface area contributed by atoms with Crippen molar-refractivity contribution in [1.82, 2.24) is 10.9 Å². The maximum atomic E-state index is 10.6. The van der Waals surface area contributed by atoms with Crippen LogP contribution in [0.2, 0.25) is 0 Å². The molecule has 1 heterocycles. The molecule has 1 aliphatic carbocycles. The maximum absolute atomic E-state index is 10.6. The van der Waals surface area contributed by atoms with Crippen LogP contribution in [-0.4, -0.2) is 10.3 Å². The Kier molecular flexibility index (Phi) is 2.36. The third-order valence-electron chi connectivity index (χ3n) is 2.50. The molecule has 3 unspecified atom stereocenters. The largest absolute Gasteiger partial charge is 0.325 e. The van der Waals surface area contributed by atoms with Gasteiger partial charge in [0.2, 0.25) is 0 Å². The Bertz CT molecular complexity index is 229. The van der Waals surface area contributed by atoms with Crippen LogP contribution in [0, 0.1) is 11.8 Å². The Morgan fingerprint density at radius 1 is 1.67 bits per heavy atom. The van der Waals surface area contributed by atoms with Crippen molar-refractivity contribution in [2.24, 2.45) is 11.8 Å². The highest BCUT2D eigenvalue weighted by Gasteiger charge is 2.33. The molecule has 0 aromatic rings. The average Bonchev–Trinajstić information content (AvgIpc) is 2.47. The smallest absolute Gasteiger partial charge is 0.123 e. The number of halogens is 1. The lowest BCUT2D eigenvalue weighted by atomic mass is 9.86. The van der Waals surface area contributed by atoms with Crippen LogP contribution in [-0.2, 0) is 4.79 Å². The van der Waals surface area contributed by atoms with E-state index in [0.717, 1.165) is 19.1 Å². The van der Waals surface area contributed by atoms with E-state index in [0.29, 0.717) is 9.97 Å². The van der Waals surface area contributed by atoms with Gasteiger partial charge in [-0.2, -0.15) is 0 Å². The molecule has 1 aliphatic heterocycles. The molecular weight excluding hydrogens is 267 g/mol. The summed E-state index contributed by atoms with van der Waals surface area (Å²) in [6, 6.07) is 0. The standard InChI is InChI=1S/C8H11IN2O/c9-8-6-3-5(4-12)1-2-7(6)10-11-8/h2,4-6,8,10-11H,1,3H2. The van der Waals surface area contributed by atoms with Crippen LogP contribution in [0.5, 0.6) is 0 Å². The van der Waals surface area contributed by atoms with Crippen molar-refractivity contribution in [1.29, 1.82) is 0 Å². The topological polar surface area (TPSA) is 41.1 Å². The van der Waals surface area contributed by atoms with Gasteiger partial charge in [0.15, 0.2) is 0 Å². The molecule has 0 amide bonds. The predicted molar refractivity (Wildman–Crippen MR) is 54.4 cm³/mol. The first-order valence-corrected chi connectivity index (χ1v) is 5.37. The van der Waals surface area contributed by atoms with Gasteiger partial charge in [-0.3, -0.25) is 0 Å². The van der Waals surface area contributed by atoms with Crippen molar-refractivity contribution < 1.29 is 4.79 Å². The van der Waals surface area contributed by atoms with Gasteiger partial charge in [0.25, 0.3) is 0 Å². The summed E-state index contributed by atoms with van der Waals surface area (Å²) < 4.78 is 0.427. The molecule has 0 radical (unpaired) electrons. The zero-order valence-electron chi connectivity index (χ0n) is 6.59. The fraction of sp³-hybridized carbons (Fsp3) is 0.625. The van der Waals surface area contributed by atoms with E-state index in [-0.39, 0.29) is 5.92 Å². The van der Waals surface area contributed by atoms with Gasteiger partial charge < -0.3 is 10.2 Å². The first kappa shape index (κ1) is 8.50. The molecule has 3 nitrogen and oxygen atoms in total. The Balaban J connectivity index is 2.13. The second kappa shape index (κ2) is 3.33. The summed E-state index contributed by atoms with van der Waals surface area (Å²) in [7, 11) is 0. The minimum atomic E-state index is 0.234. The molecule has 1 fully saturated rings. The van der Waals surface area contributed by atoms with E-state index in [1.807, 2.05) is 0 Å². The summed E-state index contributed by atoms with van der Waals surface area (Å²) in [5.41, 5.74) is 7.57. The maximum Gasteiger partial charge on any atom is 0.123 e. The van der Waals surface area contributed by atoms with Crippen LogP contribution >= 0.6 is 22.6 Å². The zero-order chi connectivity index (χ0) is 8.55. The number of fused-ring (bicyclic) bond motifs is 1. The van der Waals surface area contributed by atoms with Crippen molar-refractivity contribution in [3.05, 3.63) is 11.8 Å². The molecule has 2 N–H and O–H groups in total. The highest BCUT2D eigenvalue weighted by Crippen LogP contribution is 2.34. The van der Waals surface area contributed by atoms with Crippen molar-refractivity contribution in [2.45, 2.75) is 16.9 Å². The number of hydrazine groups is 1. The Morgan fingerprint density at radius 2 is 2.50 bits per heavy atom. The summed E-state index contributed by atoms with van der Waals surface area (Å²) in [5.74, 6) is 0.743. The number of carbonyl (C=O) groups excluding carboxylic acids is 1. The van der Waals surface area contributed by atoms with Gasteiger partial charge in [0, 0.05) is 17.5 Å². The van der Waals surface area contributed by atoms with Gasteiger partial charge in [0.05, 0.1) is 4.05 Å². The van der Waals surface area contributed by atoms with Crippen LogP contribution in [0.4, 0.5) is 0 Å². The number of rotatable bonds is 1. The van der Waals surface area contributed by atoms with Gasteiger partial charge in [-0.1, -0.05) is 28.7 Å². The molecule has 0 saturated carbocycles. The van der Waals surface area contributed by atoms with Gasteiger partial charge in [0.1, 0.15) is 6.29 Å². The van der Waals surface area contributed by atoms with E-state index in [4.69, 9.17) is 0 Å². The van der Waals surface area contributed by atoms with E-state index in [9.17, 15) is 4.79 Å². The van der Waals surface area contributed by atoms with Crippen LogP contribution in [0.15, 0.2) is 11.8 Å². The summed E-state index contributed by atoms with van der Waals surface area (Å²) in [4.78, 5) is 10.6. The quantitative estimate of drug-likeness (QED) is 0.325. The molecule has 4 heteroatoms. The van der Waals surface area contributed by atoms with Crippen molar-refractivity contribution in [2.75, 3.05) is 0 Å². The Hall–Kier alpha value is -0.100. The minimum Gasteiger partial charge on any atom is -0.325 e. The molecule has 2 aliphatic rings. The lowest BCUT2D eigenvalue weighted by molar-refractivity contribution is -0.111. The number of carbonyl (C=O) groups is 1. The predicted octanol–water partition coefficient (Wildman–Crippen LogP) is 0.964. The third-order valence-corrected chi connectivity index (χ3v) is 3.68. The van der Waals surface area contributed by atoms with Crippen LogP contribution in [0.25, 0.3) is 0 Å². The molecule has 66 valence electrons. The summed E-state index contributed by atoms with van der Waals surface area (Å²) in [5, 5.41) is 0. The molecular formula is C8H11IN2O. The van der Waals surface area contributed by atoms with E-state index in [1.165, 1.54) is 5.70 Å². The first-order chi connectivity index (χ1) is 5.81. The van der Waals surface area contributed by atoms with Crippen molar-refractivity contribution >= 4 is 28.9 Å². The monoisotopic (exact) mass is 278 g/mol. The number of nitrogens with one attached hydrogen (secondary N) is 2. The number of hydrogen-bond donors (Lipinski definition) is 2. The third kappa shape index (κ3) is 1.37. The molecule has 1 saturated heterocycles. The number of alkyl halides is 1. The molecule has 0 bridgehead atoms. The van der Waals surface area contributed by atoms with Crippen LogP contribution in [0.1, 0.15) is 12.8 Å². The van der Waals surface area contributed by atoms with Gasteiger partial charge in [-0.05, 0) is 12.8 Å². The fourth-order valence-corrected chi connectivity index (χ4v) is 2.60. The second-order valence-electron chi connectivity index (χ2n) is 3.30. The zero-order valence-corrected chi connectivity index (χ0v) is 8.74. The molecule has 3 atom stereocenters. The van der Waals surface area contributed by atoms with Gasteiger partial charge in [-0.25, -0.2) is 5.43 Å². The summed E-state index contributed by atoms with van der Waals surface area (Å²) in [6.07, 6.45) is 5.10. The second-order valence-corrected chi connectivity index (χ2v) is 4.65. The van der Waals surface area contributed by atoms with Gasteiger partial charge in [-0.15, -0.1) is 0 Å². The van der Waals surface area contributed by atoms with Crippen LogP contribution < -0.4 is 10.9 Å². The van der Waals surface area contributed by atoms with E-state index in [2.05, 4.69) is 39.5 Å². The van der Waals surface area contributed by atoms with Crippen molar-refractivity contribution in [3.8, 4) is 0 Å². The van der Waals surface area contributed by atoms with Crippen LogP contribution in [0.3, 0.4) is 0 Å². The minimum absolute atomic E-state index is 0.234. The normalized spacial score (nSPS) is 39.8. The van der Waals surface area contributed by atoms with Gasteiger partial charge >= 0.3 is 0 Å². The lowest BCUT2D eigenvalue weighted by Gasteiger charge is -2.21.